The van der Waals surface area contributed by atoms with Gasteiger partial charge < -0.3 is 5.32 Å². The fourth-order valence-electron chi connectivity index (χ4n) is 2.97. The van der Waals surface area contributed by atoms with Crippen LogP contribution in [0.1, 0.15) is 24.1 Å². The Morgan fingerprint density at radius 2 is 2.22 bits per heavy atom. The number of halogens is 1. The SMILES string of the molecule is CCSc1cccc(CN2CCNCC2c2cccnc2)c1.Cl. The van der Waals surface area contributed by atoms with Crippen LogP contribution in [0.5, 0.6) is 0 Å². The van der Waals surface area contributed by atoms with E-state index in [1.54, 1.807) is 0 Å². The van der Waals surface area contributed by atoms with Crippen molar-refractivity contribution >= 4 is 24.2 Å². The number of hydrogen-bond acceptors (Lipinski definition) is 4. The molecule has 1 atom stereocenters. The molecule has 1 fully saturated rings. The molecule has 1 saturated heterocycles. The van der Waals surface area contributed by atoms with Crippen molar-refractivity contribution in [2.75, 3.05) is 25.4 Å². The summed E-state index contributed by atoms with van der Waals surface area (Å²) in [5.74, 6) is 1.12. The number of nitrogens with one attached hydrogen (secondary N) is 1. The average molecular weight is 350 g/mol. The number of nitrogens with zero attached hydrogens (tertiary/aromatic N) is 2. The van der Waals surface area contributed by atoms with Crippen molar-refractivity contribution in [1.82, 2.24) is 15.2 Å². The van der Waals surface area contributed by atoms with Crippen LogP contribution in [0.3, 0.4) is 0 Å². The first-order chi connectivity index (χ1) is 10.9. The van der Waals surface area contributed by atoms with Crippen molar-refractivity contribution in [3.8, 4) is 0 Å². The first-order valence-electron chi connectivity index (χ1n) is 7.93. The van der Waals surface area contributed by atoms with Gasteiger partial charge in [0.25, 0.3) is 0 Å². The molecule has 1 aliphatic heterocycles. The number of piperazine rings is 1. The lowest BCUT2D eigenvalue weighted by atomic mass is 10.0. The smallest absolute Gasteiger partial charge is 0.0491 e. The van der Waals surface area contributed by atoms with E-state index in [1.165, 1.54) is 16.0 Å². The van der Waals surface area contributed by atoms with Gasteiger partial charge in [-0.1, -0.05) is 25.1 Å². The van der Waals surface area contributed by atoms with Crippen LogP contribution in [0.15, 0.2) is 53.7 Å². The van der Waals surface area contributed by atoms with Gasteiger partial charge >= 0.3 is 0 Å². The zero-order valence-electron chi connectivity index (χ0n) is 13.4. The zero-order chi connectivity index (χ0) is 15.2. The summed E-state index contributed by atoms with van der Waals surface area (Å²) in [5, 5.41) is 3.51. The number of benzene rings is 1. The highest BCUT2D eigenvalue weighted by molar-refractivity contribution is 7.99. The van der Waals surface area contributed by atoms with Crippen molar-refractivity contribution in [2.24, 2.45) is 0 Å². The third kappa shape index (κ3) is 4.95. The molecule has 1 unspecified atom stereocenters. The van der Waals surface area contributed by atoms with Gasteiger partial charge in [-0.3, -0.25) is 9.88 Å². The maximum atomic E-state index is 4.28. The molecule has 23 heavy (non-hydrogen) atoms. The van der Waals surface area contributed by atoms with E-state index in [4.69, 9.17) is 0 Å². The first kappa shape index (κ1) is 18.3. The van der Waals surface area contributed by atoms with E-state index in [1.807, 2.05) is 30.2 Å². The van der Waals surface area contributed by atoms with Crippen molar-refractivity contribution in [2.45, 2.75) is 24.4 Å². The summed E-state index contributed by atoms with van der Waals surface area (Å²) in [7, 11) is 0. The predicted octanol–water partition coefficient (Wildman–Crippen LogP) is 3.76. The van der Waals surface area contributed by atoms with Gasteiger partial charge in [0, 0.05) is 49.5 Å². The molecule has 0 amide bonds. The van der Waals surface area contributed by atoms with Gasteiger partial charge in [0.2, 0.25) is 0 Å². The van der Waals surface area contributed by atoms with Crippen LogP contribution >= 0.6 is 24.2 Å². The van der Waals surface area contributed by atoms with E-state index in [-0.39, 0.29) is 12.4 Å². The summed E-state index contributed by atoms with van der Waals surface area (Å²) in [6.07, 6.45) is 3.84. The summed E-state index contributed by atoms with van der Waals surface area (Å²) in [5.41, 5.74) is 2.70. The minimum Gasteiger partial charge on any atom is -0.314 e. The normalized spacial score (nSPS) is 18.4. The lowest BCUT2D eigenvalue weighted by Gasteiger charge is -2.36. The van der Waals surface area contributed by atoms with Gasteiger partial charge in [-0.05, 0) is 35.1 Å². The highest BCUT2D eigenvalue weighted by atomic mass is 35.5. The Hall–Kier alpha value is -1.07. The number of thioether (sulfide) groups is 1. The summed E-state index contributed by atoms with van der Waals surface area (Å²) < 4.78 is 0. The van der Waals surface area contributed by atoms with E-state index in [2.05, 4.69) is 52.5 Å². The lowest BCUT2D eigenvalue weighted by molar-refractivity contribution is 0.153. The minimum absolute atomic E-state index is 0. The molecule has 2 heterocycles. The predicted molar refractivity (Wildman–Crippen MR) is 100 cm³/mol. The minimum atomic E-state index is 0. The fourth-order valence-corrected chi connectivity index (χ4v) is 3.72. The molecule has 124 valence electrons. The van der Waals surface area contributed by atoms with Gasteiger partial charge in [-0.2, -0.15) is 0 Å². The van der Waals surface area contributed by atoms with Crippen LogP contribution in [0.25, 0.3) is 0 Å². The molecule has 3 rings (SSSR count). The Balaban J connectivity index is 0.00000192. The van der Waals surface area contributed by atoms with E-state index in [0.29, 0.717) is 6.04 Å². The van der Waals surface area contributed by atoms with Gasteiger partial charge in [-0.25, -0.2) is 0 Å². The Bertz CT molecular complexity index is 594. The Morgan fingerprint density at radius 3 is 3.00 bits per heavy atom. The average Bonchev–Trinajstić information content (AvgIpc) is 2.57. The van der Waals surface area contributed by atoms with Crippen LogP contribution in [0.2, 0.25) is 0 Å². The molecule has 5 heteroatoms. The van der Waals surface area contributed by atoms with Crippen LogP contribution < -0.4 is 5.32 Å². The van der Waals surface area contributed by atoms with Gasteiger partial charge in [0.15, 0.2) is 0 Å². The highest BCUT2D eigenvalue weighted by Gasteiger charge is 2.23. The Labute approximate surface area is 149 Å². The Morgan fingerprint density at radius 1 is 1.30 bits per heavy atom. The fraction of sp³-hybridized carbons (Fsp3) is 0.389. The number of aromatic nitrogens is 1. The van der Waals surface area contributed by atoms with E-state index in [9.17, 15) is 0 Å². The largest absolute Gasteiger partial charge is 0.314 e. The van der Waals surface area contributed by atoms with Gasteiger partial charge in [0.05, 0.1) is 0 Å². The van der Waals surface area contributed by atoms with Crippen molar-refractivity contribution in [3.63, 3.8) is 0 Å². The quantitative estimate of drug-likeness (QED) is 0.832. The summed E-state index contributed by atoms with van der Waals surface area (Å²) in [4.78, 5) is 8.21. The molecule has 2 aromatic rings. The second-order valence-electron chi connectivity index (χ2n) is 5.56. The molecule has 0 bridgehead atoms. The molecule has 1 aromatic carbocycles. The van der Waals surface area contributed by atoms with Crippen molar-refractivity contribution in [3.05, 3.63) is 59.9 Å². The molecule has 0 saturated carbocycles. The molecule has 1 aromatic heterocycles. The molecule has 1 aliphatic rings. The first-order valence-corrected chi connectivity index (χ1v) is 8.92. The third-order valence-corrected chi connectivity index (χ3v) is 4.89. The standard InChI is InChI=1S/C18H23N3S.ClH/c1-2-22-17-7-3-5-15(11-17)14-21-10-9-20-13-18(21)16-6-4-8-19-12-16;/h3-8,11-12,18,20H,2,9-10,13-14H2,1H3;1H. The lowest BCUT2D eigenvalue weighted by Crippen LogP contribution is -2.45. The van der Waals surface area contributed by atoms with Crippen LogP contribution in [-0.2, 0) is 6.54 Å². The molecule has 0 aliphatic carbocycles. The van der Waals surface area contributed by atoms with Gasteiger partial charge in [0.1, 0.15) is 0 Å². The number of rotatable bonds is 5. The molecular formula is C18H24ClN3S. The van der Waals surface area contributed by atoms with E-state index in [0.717, 1.165) is 31.9 Å². The molecule has 0 spiro atoms. The van der Waals surface area contributed by atoms with Gasteiger partial charge in [-0.15, -0.1) is 24.2 Å². The maximum Gasteiger partial charge on any atom is 0.0491 e. The van der Waals surface area contributed by atoms with Crippen LogP contribution in [0, 0.1) is 0 Å². The molecule has 3 nitrogen and oxygen atoms in total. The summed E-state index contributed by atoms with van der Waals surface area (Å²) in [6, 6.07) is 13.6. The summed E-state index contributed by atoms with van der Waals surface area (Å²) >= 11 is 1.91. The number of pyridine rings is 1. The van der Waals surface area contributed by atoms with Crippen molar-refractivity contribution in [1.29, 1.82) is 0 Å². The highest BCUT2D eigenvalue weighted by Crippen LogP contribution is 2.25. The molecule has 0 radical (unpaired) electrons. The molecule has 1 N–H and O–H groups in total. The Kier molecular flexibility index (Phi) is 7.37. The van der Waals surface area contributed by atoms with E-state index >= 15 is 0 Å². The number of hydrogen-bond donors (Lipinski definition) is 1. The maximum absolute atomic E-state index is 4.28. The second-order valence-corrected chi connectivity index (χ2v) is 6.89. The van der Waals surface area contributed by atoms with Crippen molar-refractivity contribution < 1.29 is 0 Å². The summed E-state index contributed by atoms with van der Waals surface area (Å²) in [6.45, 7) is 6.32. The van der Waals surface area contributed by atoms with E-state index < -0.39 is 0 Å². The molecular weight excluding hydrogens is 326 g/mol. The monoisotopic (exact) mass is 349 g/mol. The second kappa shape index (κ2) is 9.28. The third-order valence-electron chi connectivity index (χ3n) is 4.02. The van der Waals surface area contributed by atoms with Crippen LogP contribution in [0.4, 0.5) is 0 Å². The topological polar surface area (TPSA) is 28.2 Å². The van der Waals surface area contributed by atoms with Crippen LogP contribution in [-0.4, -0.2) is 35.3 Å². The zero-order valence-corrected chi connectivity index (χ0v) is 15.1.